The van der Waals surface area contributed by atoms with Gasteiger partial charge in [-0.1, -0.05) is 29.3 Å². The standard InChI is InChI=1S/C16H20OS/c1-10-5-11(2)7-14(6-10)9-15(17)16-8-12(3)13(4)18-16/h5-8,15,17H,9H2,1-4H3. The maximum atomic E-state index is 10.3. The van der Waals surface area contributed by atoms with Crippen molar-refractivity contribution in [1.82, 2.24) is 0 Å². The third kappa shape index (κ3) is 3.01. The maximum absolute atomic E-state index is 10.3. The highest BCUT2D eigenvalue weighted by atomic mass is 32.1. The van der Waals surface area contributed by atoms with Crippen molar-refractivity contribution in [2.75, 3.05) is 0 Å². The van der Waals surface area contributed by atoms with Gasteiger partial charge < -0.3 is 5.11 Å². The van der Waals surface area contributed by atoms with Gasteiger partial charge in [0.05, 0.1) is 6.10 Å². The van der Waals surface area contributed by atoms with Crippen LogP contribution in [0, 0.1) is 27.7 Å². The first-order valence-corrected chi connectivity index (χ1v) is 7.09. The van der Waals surface area contributed by atoms with E-state index < -0.39 is 0 Å². The minimum atomic E-state index is -0.386. The van der Waals surface area contributed by atoms with Crippen LogP contribution in [-0.4, -0.2) is 5.11 Å². The molecule has 0 bridgehead atoms. The number of rotatable bonds is 3. The molecule has 0 saturated carbocycles. The first-order valence-electron chi connectivity index (χ1n) is 6.28. The third-order valence-corrected chi connectivity index (χ3v) is 4.48. The fourth-order valence-corrected chi connectivity index (χ4v) is 3.31. The lowest BCUT2D eigenvalue weighted by Gasteiger charge is -2.10. The Hall–Kier alpha value is -1.12. The molecule has 2 aromatic rings. The smallest absolute Gasteiger partial charge is 0.0922 e. The average Bonchev–Trinajstić information content (AvgIpc) is 2.57. The van der Waals surface area contributed by atoms with Crippen molar-refractivity contribution in [3.63, 3.8) is 0 Å². The molecular weight excluding hydrogens is 240 g/mol. The number of benzene rings is 1. The van der Waals surface area contributed by atoms with Gasteiger partial charge in [0, 0.05) is 16.2 Å². The van der Waals surface area contributed by atoms with E-state index in [1.165, 1.54) is 27.1 Å². The molecule has 2 rings (SSSR count). The van der Waals surface area contributed by atoms with Crippen LogP contribution in [0.15, 0.2) is 24.3 Å². The number of aliphatic hydroxyl groups is 1. The van der Waals surface area contributed by atoms with E-state index >= 15 is 0 Å². The van der Waals surface area contributed by atoms with Gasteiger partial charge in [0.15, 0.2) is 0 Å². The summed E-state index contributed by atoms with van der Waals surface area (Å²) in [5.41, 5.74) is 5.00. The predicted molar refractivity (Wildman–Crippen MR) is 78.4 cm³/mol. The molecule has 0 aliphatic carbocycles. The lowest BCUT2D eigenvalue weighted by molar-refractivity contribution is 0.182. The summed E-state index contributed by atoms with van der Waals surface area (Å²) in [7, 11) is 0. The quantitative estimate of drug-likeness (QED) is 0.874. The molecule has 0 aliphatic rings. The monoisotopic (exact) mass is 260 g/mol. The molecule has 1 N–H and O–H groups in total. The first-order chi connectivity index (χ1) is 8.45. The Labute approximate surface area is 113 Å². The largest absolute Gasteiger partial charge is 0.387 e. The van der Waals surface area contributed by atoms with Crippen LogP contribution in [0.1, 0.15) is 38.1 Å². The van der Waals surface area contributed by atoms with Crippen LogP contribution in [0.5, 0.6) is 0 Å². The fraction of sp³-hybridized carbons (Fsp3) is 0.375. The Morgan fingerprint density at radius 3 is 2.11 bits per heavy atom. The molecule has 0 saturated heterocycles. The molecule has 96 valence electrons. The van der Waals surface area contributed by atoms with Crippen LogP contribution in [0.2, 0.25) is 0 Å². The Morgan fingerprint density at radius 2 is 1.61 bits per heavy atom. The minimum Gasteiger partial charge on any atom is -0.387 e. The number of hydrogen-bond donors (Lipinski definition) is 1. The van der Waals surface area contributed by atoms with Crippen LogP contribution in [0.4, 0.5) is 0 Å². The second-order valence-corrected chi connectivity index (χ2v) is 6.39. The Bertz CT molecular complexity index is 514. The van der Waals surface area contributed by atoms with Crippen molar-refractivity contribution in [3.8, 4) is 0 Å². The summed E-state index contributed by atoms with van der Waals surface area (Å²) < 4.78 is 0. The van der Waals surface area contributed by atoms with Gasteiger partial charge in [0.25, 0.3) is 0 Å². The van der Waals surface area contributed by atoms with Gasteiger partial charge in [-0.3, -0.25) is 0 Å². The molecule has 1 aromatic carbocycles. The number of hydrogen-bond acceptors (Lipinski definition) is 2. The fourth-order valence-electron chi connectivity index (χ4n) is 2.28. The Kier molecular flexibility index (Phi) is 3.88. The van der Waals surface area contributed by atoms with Crippen molar-refractivity contribution in [3.05, 3.63) is 56.3 Å². The van der Waals surface area contributed by atoms with E-state index in [-0.39, 0.29) is 6.10 Å². The van der Waals surface area contributed by atoms with E-state index in [1.807, 2.05) is 0 Å². The summed E-state index contributed by atoms with van der Waals surface area (Å²) in [6, 6.07) is 8.58. The summed E-state index contributed by atoms with van der Waals surface area (Å²) in [5.74, 6) is 0. The van der Waals surface area contributed by atoms with Crippen LogP contribution in [-0.2, 0) is 6.42 Å². The van der Waals surface area contributed by atoms with Crippen molar-refractivity contribution in [2.45, 2.75) is 40.2 Å². The molecule has 0 fully saturated rings. The van der Waals surface area contributed by atoms with Crippen LogP contribution in [0.25, 0.3) is 0 Å². The number of aliphatic hydroxyl groups excluding tert-OH is 1. The molecule has 1 nitrogen and oxygen atoms in total. The van der Waals surface area contributed by atoms with Gasteiger partial charge in [-0.25, -0.2) is 0 Å². The molecule has 1 atom stereocenters. The summed E-state index contributed by atoms with van der Waals surface area (Å²) in [6.07, 6.45) is 0.311. The molecule has 0 spiro atoms. The Balaban J connectivity index is 2.18. The zero-order valence-electron chi connectivity index (χ0n) is 11.4. The van der Waals surface area contributed by atoms with Gasteiger partial charge in [0.1, 0.15) is 0 Å². The molecular formula is C16H20OS. The van der Waals surface area contributed by atoms with Gasteiger partial charge >= 0.3 is 0 Å². The SMILES string of the molecule is Cc1cc(C)cc(CC(O)c2cc(C)c(C)s2)c1. The molecule has 2 heteroatoms. The number of thiophene rings is 1. The average molecular weight is 260 g/mol. The summed E-state index contributed by atoms with van der Waals surface area (Å²) >= 11 is 1.70. The molecule has 18 heavy (non-hydrogen) atoms. The van der Waals surface area contributed by atoms with Gasteiger partial charge in [-0.15, -0.1) is 11.3 Å². The highest BCUT2D eigenvalue weighted by Gasteiger charge is 2.12. The third-order valence-electron chi connectivity index (χ3n) is 3.22. The van der Waals surface area contributed by atoms with Crippen LogP contribution in [0.3, 0.4) is 0 Å². The molecule has 1 heterocycles. The molecule has 1 unspecified atom stereocenters. The molecule has 1 aromatic heterocycles. The highest BCUT2D eigenvalue weighted by molar-refractivity contribution is 7.12. The van der Waals surface area contributed by atoms with E-state index in [0.29, 0.717) is 6.42 Å². The molecule has 0 aliphatic heterocycles. The zero-order chi connectivity index (χ0) is 13.3. The summed E-state index contributed by atoms with van der Waals surface area (Å²) in [6.45, 7) is 8.40. The first kappa shape index (κ1) is 13.3. The van der Waals surface area contributed by atoms with Crippen molar-refractivity contribution in [1.29, 1.82) is 0 Å². The van der Waals surface area contributed by atoms with Crippen LogP contribution < -0.4 is 0 Å². The van der Waals surface area contributed by atoms with Gasteiger partial charge in [-0.2, -0.15) is 0 Å². The second-order valence-electron chi connectivity index (χ2n) is 5.10. The number of aryl methyl sites for hydroxylation is 4. The summed E-state index contributed by atoms with van der Waals surface area (Å²) in [5, 5.41) is 10.3. The van der Waals surface area contributed by atoms with Crippen molar-refractivity contribution < 1.29 is 5.11 Å². The van der Waals surface area contributed by atoms with E-state index in [1.54, 1.807) is 11.3 Å². The minimum absolute atomic E-state index is 0.386. The lowest BCUT2D eigenvalue weighted by atomic mass is 10.0. The van der Waals surface area contributed by atoms with E-state index in [0.717, 1.165) is 4.88 Å². The van der Waals surface area contributed by atoms with E-state index in [9.17, 15) is 5.11 Å². The Morgan fingerprint density at radius 1 is 1.00 bits per heavy atom. The van der Waals surface area contributed by atoms with Gasteiger partial charge in [0.2, 0.25) is 0 Å². The van der Waals surface area contributed by atoms with Gasteiger partial charge in [-0.05, 0) is 44.9 Å². The molecule has 0 radical (unpaired) electrons. The van der Waals surface area contributed by atoms with Crippen LogP contribution >= 0.6 is 11.3 Å². The van der Waals surface area contributed by atoms with Crippen molar-refractivity contribution in [2.24, 2.45) is 0 Å². The summed E-state index contributed by atoms with van der Waals surface area (Å²) in [4.78, 5) is 2.37. The maximum Gasteiger partial charge on any atom is 0.0922 e. The second kappa shape index (κ2) is 5.25. The van der Waals surface area contributed by atoms with E-state index in [4.69, 9.17) is 0 Å². The van der Waals surface area contributed by atoms with E-state index in [2.05, 4.69) is 52.0 Å². The topological polar surface area (TPSA) is 20.2 Å². The predicted octanol–water partition coefficient (Wildman–Crippen LogP) is 4.26. The highest BCUT2D eigenvalue weighted by Crippen LogP contribution is 2.28. The van der Waals surface area contributed by atoms with Crippen molar-refractivity contribution >= 4 is 11.3 Å². The normalized spacial score (nSPS) is 12.7. The molecule has 0 amide bonds. The zero-order valence-corrected chi connectivity index (χ0v) is 12.3. The lowest BCUT2D eigenvalue weighted by Crippen LogP contribution is -2.00.